The minimum absolute atomic E-state index is 0.301. The van der Waals surface area contributed by atoms with Crippen LogP contribution in [0.2, 0.25) is 0 Å². The molecule has 0 spiro atoms. The molecule has 4 nitrogen and oxygen atoms in total. The number of aliphatic hydroxyl groups is 2. The highest BCUT2D eigenvalue weighted by atomic mass is 16.3. The fraction of sp³-hybridized carbons (Fsp3) is 0.667. The molecule has 0 heterocycles. The lowest BCUT2D eigenvalue weighted by atomic mass is 10.1. The molecule has 1 amide bonds. The van der Waals surface area contributed by atoms with Crippen molar-refractivity contribution in [2.24, 2.45) is 0 Å². The molecule has 59 valence electrons. The van der Waals surface area contributed by atoms with Crippen LogP contribution in [0.25, 0.3) is 0 Å². The third kappa shape index (κ3) is 2.80. The van der Waals surface area contributed by atoms with Gasteiger partial charge in [-0.3, -0.25) is 4.79 Å². The summed E-state index contributed by atoms with van der Waals surface area (Å²) in [6.07, 6.45) is 0. The molecule has 0 aromatic heterocycles. The molecular weight excluding hydrogens is 134 g/mol. The van der Waals surface area contributed by atoms with Crippen molar-refractivity contribution in [3.8, 4) is 0 Å². The minimum Gasteiger partial charge on any atom is -0.394 e. The third-order valence-electron chi connectivity index (χ3n) is 1.14. The lowest BCUT2D eigenvalue weighted by molar-refractivity contribution is -0.119. The van der Waals surface area contributed by atoms with E-state index in [0.29, 0.717) is 0 Å². The third-order valence-corrected chi connectivity index (χ3v) is 1.14. The van der Waals surface area contributed by atoms with Crippen LogP contribution in [-0.4, -0.2) is 34.9 Å². The maximum absolute atomic E-state index is 10.3. The van der Waals surface area contributed by atoms with Gasteiger partial charge in [-0.15, -0.1) is 0 Å². The molecule has 0 bridgehead atoms. The van der Waals surface area contributed by atoms with Gasteiger partial charge in [-0.2, -0.15) is 0 Å². The zero-order valence-electron chi connectivity index (χ0n) is 5.92. The molecule has 0 aromatic rings. The van der Waals surface area contributed by atoms with Crippen LogP contribution in [0.3, 0.4) is 0 Å². The zero-order valence-corrected chi connectivity index (χ0v) is 5.92. The summed E-state index contributed by atoms with van der Waals surface area (Å²) in [4.78, 5) is 10.3. The minimum atomic E-state index is -0.946. The topological polar surface area (TPSA) is 69.6 Å². The van der Waals surface area contributed by atoms with E-state index in [0.717, 1.165) is 0 Å². The van der Waals surface area contributed by atoms with Gasteiger partial charge in [0.05, 0.1) is 18.8 Å². The van der Waals surface area contributed by atoms with Gasteiger partial charge in [0.2, 0.25) is 5.91 Å². The van der Waals surface area contributed by atoms with Crippen LogP contribution in [0.5, 0.6) is 0 Å². The van der Waals surface area contributed by atoms with Gasteiger partial charge in [0.15, 0.2) is 0 Å². The molecule has 0 aliphatic heterocycles. The highest BCUT2D eigenvalue weighted by Crippen LogP contribution is 1.99. The molecule has 0 fully saturated rings. The van der Waals surface area contributed by atoms with Crippen molar-refractivity contribution in [3.63, 3.8) is 0 Å². The van der Waals surface area contributed by atoms with Gasteiger partial charge in [-0.25, -0.2) is 0 Å². The van der Waals surface area contributed by atoms with E-state index in [1.165, 1.54) is 6.92 Å². The summed E-state index contributed by atoms with van der Waals surface area (Å²) in [6, 6.07) is 0. The van der Waals surface area contributed by atoms with Gasteiger partial charge in [-0.1, -0.05) is 0 Å². The van der Waals surface area contributed by atoms with Crippen molar-refractivity contribution in [1.29, 1.82) is 0 Å². The number of carbonyl (C=O) groups excluding carboxylic acids is 1. The maximum atomic E-state index is 10.3. The van der Waals surface area contributed by atoms with Crippen LogP contribution in [0.4, 0.5) is 0 Å². The van der Waals surface area contributed by atoms with E-state index in [-0.39, 0.29) is 13.2 Å². The van der Waals surface area contributed by atoms with Crippen molar-refractivity contribution in [2.45, 2.75) is 12.5 Å². The summed E-state index contributed by atoms with van der Waals surface area (Å²) in [7, 11) is 0. The number of amides is 1. The van der Waals surface area contributed by atoms with Crippen molar-refractivity contribution in [3.05, 3.63) is 6.92 Å². The fourth-order valence-corrected chi connectivity index (χ4v) is 0.466. The van der Waals surface area contributed by atoms with Gasteiger partial charge in [-0.05, 0) is 6.92 Å². The van der Waals surface area contributed by atoms with Crippen molar-refractivity contribution in [1.82, 2.24) is 5.32 Å². The van der Waals surface area contributed by atoms with Gasteiger partial charge < -0.3 is 15.5 Å². The predicted molar refractivity (Wildman–Crippen MR) is 36.1 cm³/mol. The van der Waals surface area contributed by atoms with E-state index in [4.69, 9.17) is 10.2 Å². The van der Waals surface area contributed by atoms with Crippen LogP contribution in [0.15, 0.2) is 0 Å². The number of hydrogen-bond acceptors (Lipinski definition) is 3. The Kier molecular flexibility index (Phi) is 3.32. The van der Waals surface area contributed by atoms with Crippen LogP contribution < -0.4 is 5.32 Å². The Morgan fingerprint density at radius 1 is 1.60 bits per heavy atom. The molecule has 0 unspecified atom stereocenters. The van der Waals surface area contributed by atoms with E-state index in [1.54, 1.807) is 0 Å². The van der Waals surface area contributed by atoms with E-state index >= 15 is 0 Å². The molecule has 0 aliphatic carbocycles. The predicted octanol–water partition coefficient (Wildman–Crippen LogP) is -1.32. The summed E-state index contributed by atoms with van der Waals surface area (Å²) >= 11 is 0. The van der Waals surface area contributed by atoms with Gasteiger partial charge in [0, 0.05) is 6.92 Å². The molecule has 4 heteroatoms. The average molecular weight is 146 g/mol. The van der Waals surface area contributed by atoms with Crippen molar-refractivity contribution < 1.29 is 15.0 Å². The van der Waals surface area contributed by atoms with Crippen molar-refractivity contribution in [2.75, 3.05) is 13.2 Å². The molecule has 0 rings (SSSR count). The lowest BCUT2D eigenvalue weighted by Crippen LogP contribution is -2.51. The van der Waals surface area contributed by atoms with Crippen LogP contribution in [0, 0.1) is 6.92 Å². The van der Waals surface area contributed by atoms with E-state index in [1.807, 2.05) is 0 Å². The molecular formula is C6H12NO3. The molecule has 10 heavy (non-hydrogen) atoms. The van der Waals surface area contributed by atoms with Gasteiger partial charge in [0.1, 0.15) is 0 Å². The molecule has 1 radical (unpaired) electrons. The molecule has 0 aromatic carbocycles. The standard InChI is InChI=1S/C6H12NO3/c1-5(10)7-6(2,3-8)4-9/h8-9H,1,3-4H2,2H3,(H,7,10). The van der Waals surface area contributed by atoms with Crippen LogP contribution in [0.1, 0.15) is 6.92 Å². The first-order chi connectivity index (χ1) is 4.54. The number of aliphatic hydroxyl groups excluding tert-OH is 2. The summed E-state index contributed by atoms with van der Waals surface area (Å²) in [6.45, 7) is 3.97. The Hall–Kier alpha value is -0.610. The number of rotatable bonds is 3. The first-order valence-corrected chi connectivity index (χ1v) is 2.90. The van der Waals surface area contributed by atoms with Gasteiger partial charge in [0.25, 0.3) is 0 Å². The highest BCUT2D eigenvalue weighted by Gasteiger charge is 2.22. The second-order valence-electron chi connectivity index (χ2n) is 2.43. The van der Waals surface area contributed by atoms with Crippen molar-refractivity contribution >= 4 is 5.91 Å². The quantitative estimate of drug-likeness (QED) is 0.462. The Labute approximate surface area is 59.9 Å². The summed E-state index contributed by atoms with van der Waals surface area (Å²) in [5, 5.41) is 19.6. The molecule has 0 saturated carbocycles. The molecule has 3 N–H and O–H groups in total. The second kappa shape index (κ2) is 3.53. The molecule has 0 aliphatic rings. The monoisotopic (exact) mass is 146 g/mol. The van der Waals surface area contributed by atoms with E-state index in [2.05, 4.69) is 12.2 Å². The van der Waals surface area contributed by atoms with Crippen LogP contribution in [-0.2, 0) is 4.79 Å². The average Bonchev–Trinajstić information content (AvgIpc) is 1.87. The van der Waals surface area contributed by atoms with E-state index < -0.39 is 11.4 Å². The lowest BCUT2D eigenvalue weighted by Gasteiger charge is -2.24. The smallest absolute Gasteiger partial charge is 0.221 e. The Morgan fingerprint density at radius 2 is 2.00 bits per heavy atom. The first-order valence-electron chi connectivity index (χ1n) is 2.90. The number of nitrogens with one attached hydrogen (secondary N) is 1. The fourth-order valence-electron chi connectivity index (χ4n) is 0.466. The zero-order chi connectivity index (χ0) is 8.20. The molecule has 0 saturated heterocycles. The number of carbonyl (C=O) groups is 1. The highest BCUT2D eigenvalue weighted by molar-refractivity contribution is 5.80. The molecule has 0 atom stereocenters. The SMILES string of the molecule is [CH2]C(=O)NC(C)(CO)CO. The van der Waals surface area contributed by atoms with Crippen LogP contribution >= 0.6 is 0 Å². The number of hydrogen-bond donors (Lipinski definition) is 3. The second-order valence-corrected chi connectivity index (χ2v) is 2.43. The van der Waals surface area contributed by atoms with E-state index in [9.17, 15) is 4.79 Å². The summed E-state index contributed by atoms with van der Waals surface area (Å²) in [5.74, 6) is -0.509. The Morgan fingerprint density at radius 3 is 2.10 bits per heavy atom. The largest absolute Gasteiger partial charge is 0.394 e. The first kappa shape index (κ1) is 9.39. The summed E-state index contributed by atoms with van der Waals surface area (Å²) in [5.41, 5.74) is -0.946. The maximum Gasteiger partial charge on any atom is 0.221 e. The van der Waals surface area contributed by atoms with Gasteiger partial charge >= 0.3 is 0 Å². The normalized spacial score (nSPS) is 11.2. The Balaban J connectivity index is 3.92. The summed E-state index contributed by atoms with van der Waals surface area (Å²) < 4.78 is 0. The Bertz CT molecular complexity index is 120.